The number of phenolic OH excluding ortho intramolecular Hbond substituents is 1. The Balaban J connectivity index is 2.61. The molecule has 0 radical (unpaired) electrons. The van der Waals surface area contributed by atoms with Crippen LogP contribution in [0.25, 0.3) is 0 Å². The van der Waals surface area contributed by atoms with Gasteiger partial charge in [0.2, 0.25) is 6.79 Å². The van der Waals surface area contributed by atoms with Crippen molar-refractivity contribution in [2.75, 3.05) is 6.79 Å². The summed E-state index contributed by atoms with van der Waals surface area (Å²) >= 11 is 0. The summed E-state index contributed by atoms with van der Waals surface area (Å²) in [5.41, 5.74) is 0.748. The molecule has 4 heteroatoms. The Labute approximate surface area is 86.7 Å². The van der Waals surface area contributed by atoms with Crippen LogP contribution in [-0.2, 0) is 6.42 Å². The second kappa shape index (κ2) is 3.65. The molecule has 0 amide bonds. The molecule has 0 aromatic heterocycles. The number of hydrogen-bond donors (Lipinski definition) is 1. The van der Waals surface area contributed by atoms with Crippen LogP contribution >= 0.6 is 0 Å². The smallest absolute Gasteiger partial charge is 0.231 e. The Morgan fingerprint density at radius 2 is 2.33 bits per heavy atom. The highest BCUT2D eigenvalue weighted by molar-refractivity contribution is 5.86. The topological polar surface area (TPSA) is 55.8 Å². The summed E-state index contributed by atoms with van der Waals surface area (Å²) in [6.45, 7) is 3.65. The lowest BCUT2D eigenvalue weighted by Gasteiger charge is -2.07. The maximum Gasteiger partial charge on any atom is 0.231 e. The van der Waals surface area contributed by atoms with Crippen molar-refractivity contribution in [2.45, 2.75) is 6.42 Å². The van der Waals surface area contributed by atoms with Crippen molar-refractivity contribution in [3.8, 4) is 17.2 Å². The summed E-state index contributed by atoms with van der Waals surface area (Å²) < 4.78 is 10.3. The van der Waals surface area contributed by atoms with Gasteiger partial charge in [-0.1, -0.05) is 6.08 Å². The van der Waals surface area contributed by atoms with E-state index in [0.717, 1.165) is 0 Å². The van der Waals surface area contributed by atoms with Crippen molar-refractivity contribution in [1.29, 1.82) is 0 Å². The van der Waals surface area contributed by atoms with Gasteiger partial charge in [-0.15, -0.1) is 6.58 Å². The predicted molar refractivity (Wildman–Crippen MR) is 53.5 cm³/mol. The van der Waals surface area contributed by atoms with Crippen molar-refractivity contribution in [1.82, 2.24) is 0 Å². The number of rotatable bonds is 3. The summed E-state index contributed by atoms with van der Waals surface area (Å²) in [4.78, 5) is 10.8. The molecule has 0 saturated carbocycles. The lowest BCUT2D eigenvalue weighted by Crippen LogP contribution is -1.94. The zero-order valence-corrected chi connectivity index (χ0v) is 8.03. The number of benzene rings is 1. The second-order valence-corrected chi connectivity index (χ2v) is 3.14. The van der Waals surface area contributed by atoms with Crippen LogP contribution in [0, 0.1) is 0 Å². The van der Waals surface area contributed by atoms with Crippen molar-refractivity contribution >= 4 is 6.29 Å². The number of allylic oxidation sites excluding steroid dienone is 1. The van der Waals surface area contributed by atoms with Crippen LogP contribution in [0.2, 0.25) is 0 Å². The highest BCUT2D eigenvalue weighted by Gasteiger charge is 2.23. The van der Waals surface area contributed by atoms with E-state index in [1.165, 1.54) is 0 Å². The first-order valence-electron chi connectivity index (χ1n) is 4.48. The molecule has 1 heterocycles. The third-order valence-electron chi connectivity index (χ3n) is 2.23. The minimum atomic E-state index is -0.0610. The first kappa shape index (κ1) is 9.58. The maximum atomic E-state index is 10.8. The zero-order chi connectivity index (χ0) is 10.8. The Bertz CT molecular complexity index is 423. The first-order chi connectivity index (χ1) is 7.27. The average Bonchev–Trinajstić information content (AvgIpc) is 2.67. The van der Waals surface area contributed by atoms with Crippen molar-refractivity contribution in [3.05, 3.63) is 29.8 Å². The number of aldehydes is 1. The highest BCUT2D eigenvalue weighted by atomic mass is 16.7. The molecule has 0 spiro atoms. The van der Waals surface area contributed by atoms with Gasteiger partial charge in [0.05, 0.1) is 0 Å². The maximum absolute atomic E-state index is 10.8. The number of carbonyl (C=O) groups excluding carboxylic acids is 1. The van der Waals surface area contributed by atoms with E-state index >= 15 is 0 Å². The van der Waals surface area contributed by atoms with Gasteiger partial charge >= 0.3 is 0 Å². The molecule has 15 heavy (non-hydrogen) atoms. The molecule has 0 unspecified atom stereocenters. The number of aromatic hydroxyl groups is 1. The number of carbonyl (C=O) groups is 1. The van der Waals surface area contributed by atoms with E-state index in [2.05, 4.69) is 6.58 Å². The normalized spacial score (nSPS) is 12.5. The number of hydrogen-bond acceptors (Lipinski definition) is 4. The highest BCUT2D eigenvalue weighted by Crippen LogP contribution is 2.41. The molecule has 1 aliphatic rings. The minimum Gasteiger partial charge on any atom is -0.507 e. The predicted octanol–water partition coefficient (Wildman–Crippen LogP) is 1.66. The van der Waals surface area contributed by atoms with Crippen LogP contribution < -0.4 is 9.47 Å². The third kappa shape index (κ3) is 1.44. The monoisotopic (exact) mass is 206 g/mol. The van der Waals surface area contributed by atoms with Crippen LogP contribution in [0.3, 0.4) is 0 Å². The van der Waals surface area contributed by atoms with E-state index in [4.69, 9.17) is 9.47 Å². The first-order valence-corrected chi connectivity index (χ1v) is 4.48. The Morgan fingerprint density at radius 3 is 3.00 bits per heavy atom. The van der Waals surface area contributed by atoms with E-state index in [0.29, 0.717) is 29.8 Å². The van der Waals surface area contributed by atoms with Gasteiger partial charge in [0.1, 0.15) is 11.3 Å². The molecule has 1 aliphatic heterocycles. The molecule has 1 aromatic carbocycles. The molecule has 1 N–H and O–H groups in total. The van der Waals surface area contributed by atoms with Crippen LogP contribution in [0.15, 0.2) is 18.7 Å². The van der Waals surface area contributed by atoms with Gasteiger partial charge in [0, 0.05) is 5.56 Å². The summed E-state index contributed by atoms with van der Waals surface area (Å²) in [5, 5.41) is 9.77. The van der Waals surface area contributed by atoms with E-state index in [1.807, 2.05) is 0 Å². The Morgan fingerprint density at radius 1 is 1.53 bits per heavy atom. The van der Waals surface area contributed by atoms with E-state index in [9.17, 15) is 9.90 Å². The lowest BCUT2D eigenvalue weighted by molar-refractivity contribution is 0.111. The molecule has 0 aliphatic carbocycles. The summed E-state index contributed by atoms with van der Waals surface area (Å²) in [6, 6.07) is 1.66. The van der Waals surface area contributed by atoms with E-state index < -0.39 is 0 Å². The molecule has 78 valence electrons. The van der Waals surface area contributed by atoms with Gasteiger partial charge in [-0.05, 0) is 12.5 Å². The molecule has 2 rings (SSSR count). The Hall–Kier alpha value is -1.97. The quantitative estimate of drug-likeness (QED) is 0.603. The average molecular weight is 206 g/mol. The molecule has 0 fully saturated rings. The van der Waals surface area contributed by atoms with Crippen LogP contribution in [0.5, 0.6) is 17.2 Å². The summed E-state index contributed by atoms with van der Waals surface area (Å²) in [6.07, 6.45) is 2.69. The lowest BCUT2D eigenvalue weighted by atomic mass is 10.0. The molecule has 0 bridgehead atoms. The zero-order valence-electron chi connectivity index (χ0n) is 8.03. The van der Waals surface area contributed by atoms with Gasteiger partial charge in [-0.25, -0.2) is 0 Å². The van der Waals surface area contributed by atoms with Crippen molar-refractivity contribution < 1.29 is 19.4 Å². The van der Waals surface area contributed by atoms with Gasteiger partial charge in [0.15, 0.2) is 17.8 Å². The fraction of sp³-hybridized carbons (Fsp3) is 0.182. The molecular formula is C11H10O4. The van der Waals surface area contributed by atoms with Crippen LogP contribution in [-0.4, -0.2) is 18.2 Å². The SMILES string of the molecule is C=CCc1cc2c(c(C=O)c1O)OCO2. The van der Waals surface area contributed by atoms with Crippen LogP contribution in [0.1, 0.15) is 15.9 Å². The van der Waals surface area contributed by atoms with Gasteiger partial charge in [-0.2, -0.15) is 0 Å². The minimum absolute atomic E-state index is 0.0610. The fourth-order valence-corrected chi connectivity index (χ4v) is 1.53. The molecule has 0 saturated heterocycles. The van der Waals surface area contributed by atoms with E-state index in [-0.39, 0.29) is 18.1 Å². The third-order valence-corrected chi connectivity index (χ3v) is 2.23. The number of phenols is 1. The second-order valence-electron chi connectivity index (χ2n) is 3.14. The van der Waals surface area contributed by atoms with Crippen molar-refractivity contribution in [2.24, 2.45) is 0 Å². The van der Waals surface area contributed by atoms with Gasteiger partial charge < -0.3 is 14.6 Å². The van der Waals surface area contributed by atoms with Gasteiger partial charge in [0.25, 0.3) is 0 Å². The molecule has 1 aromatic rings. The molecule has 4 nitrogen and oxygen atoms in total. The van der Waals surface area contributed by atoms with Crippen molar-refractivity contribution in [3.63, 3.8) is 0 Å². The largest absolute Gasteiger partial charge is 0.507 e. The molecule has 0 atom stereocenters. The summed E-state index contributed by atoms with van der Waals surface area (Å²) in [5.74, 6) is 0.746. The van der Waals surface area contributed by atoms with E-state index in [1.54, 1.807) is 12.1 Å². The number of fused-ring (bicyclic) bond motifs is 1. The molecular weight excluding hydrogens is 196 g/mol. The number of ether oxygens (including phenoxy) is 2. The summed E-state index contributed by atoms with van der Waals surface area (Å²) in [7, 11) is 0. The van der Waals surface area contributed by atoms with Gasteiger partial charge in [-0.3, -0.25) is 4.79 Å². The fourth-order valence-electron chi connectivity index (χ4n) is 1.53. The standard InChI is InChI=1S/C11H10O4/c1-2-3-7-4-9-11(15-6-14-9)8(5-12)10(7)13/h2,4-5,13H,1,3,6H2. The Kier molecular flexibility index (Phi) is 2.33. The van der Waals surface area contributed by atoms with Crippen LogP contribution in [0.4, 0.5) is 0 Å².